The number of esters is 1. The molecule has 0 radical (unpaired) electrons. The molecule has 0 saturated heterocycles. The molecule has 0 amide bonds. The number of non-ortho nitro benzene ring substituents is 1. The molecule has 7 nitrogen and oxygen atoms in total. The molecule has 0 spiro atoms. The van der Waals surface area contributed by atoms with Crippen LogP contribution in [0, 0.1) is 28.4 Å². The molecule has 3 aromatic rings. The number of fused-ring (bicyclic) bond motifs is 1. The number of aromatic nitrogens is 1. The van der Waals surface area contributed by atoms with E-state index in [4.69, 9.17) is 4.74 Å². The van der Waals surface area contributed by atoms with Crippen molar-refractivity contribution in [1.29, 1.82) is 5.26 Å². The number of carbonyl (C=O) groups excluding carboxylic acids is 1. The summed E-state index contributed by atoms with van der Waals surface area (Å²) in [5.74, 6) is -0.0383. The van der Waals surface area contributed by atoms with E-state index >= 15 is 0 Å². The van der Waals surface area contributed by atoms with Gasteiger partial charge >= 0.3 is 5.97 Å². The van der Waals surface area contributed by atoms with Crippen molar-refractivity contribution in [1.82, 2.24) is 4.40 Å². The molecule has 0 unspecified atom stereocenters. The first-order chi connectivity index (χ1) is 13.5. The zero-order valence-corrected chi connectivity index (χ0v) is 16.2. The van der Waals surface area contributed by atoms with E-state index in [1.807, 2.05) is 19.1 Å². The summed E-state index contributed by atoms with van der Waals surface area (Å²) in [4.78, 5) is 23.5. The van der Waals surface area contributed by atoms with Crippen LogP contribution in [-0.2, 0) is 10.5 Å². The van der Waals surface area contributed by atoms with Gasteiger partial charge in [-0.05, 0) is 37.1 Å². The van der Waals surface area contributed by atoms with E-state index in [0.29, 0.717) is 27.4 Å². The largest absolute Gasteiger partial charge is 0.461 e. The molecule has 0 saturated carbocycles. The molecule has 142 valence electrons. The smallest absolute Gasteiger partial charge is 0.356 e. The van der Waals surface area contributed by atoms with E-state index in [1.165, 1.54) is 23.9 Å². The Morgan fingerprint density at radius 3 is 2.64 bits per heavy atom. The van der Waals surface area contributed by atoms with E-state index in [9.17, 15) is 20.2 Å². The molecule has 0 N–H and O–H groups in total. The third-order valence-corrected chi connectivity index (χ3v) is 5.32. The summed E-state index contributed by atoms with van der Waals surface area (Å²) in [5.41, 5.74) is 3.23. The van der Waals surface area contributed by atoms with Gasteiger partial charge in [-0.2, -0.15) is 5.26 Å². The predicted molar refractivity (Wildman–Crippen MR) is 105 cm³/mol. The highest BCUT2D eigenvalue weighted by Crippen LogP contribution is 2.35. The lowest BCUT2D eigenvalue weighted by atomic mass is 10.2. The van der Waals surface area contributed by atoms with E-state index < -0.39 is 10.9 Å². The Hall–Kier alpha value is -3.31. The highest BCUT2D eigenvalue weighted by Gasteiger charge is 2.25. The van der Waals surface area contributed by atoms with Crippen LogP contribution in [0.15, 0.2) is 47.5 Å². The summed E-state index contributed by atoms with van der Waals surface area (Å²) in [5, 5.41) is 20.5. The van der Waals surface area contributed by atoms with Gasteiger partial charge in [0.15, 0.2) is 0 Å². The lowest BCUT2D eigenvalue weighted by Gasteiger charge is -2.06. The van der Waals surface area contributed by atoms with Crippen LogP contribution < -0.4 is 0 Å². The van der Waals surface area contributed by atoms with E-state index in [1.54, 1.807) is 29.7 Å². The third kappa shape index (κ3) is 3.70. The van der Waals surface area contributed by atoms with Crippen LogP contribution in [0.2, 0.25) is 0 Å². The minimum atomic E-state index is -0.492. The summed E-state index contributed by atoms with van der Waals surface area (Å²) < 4.78 is 6.88. The molecule has 3 rings (SSSR count). The number of hydrogen-bond donors (Lipinski definition) is 0. The number of rotatable bonds is 6. The number of carbonyl (C=O) groups is 1. The Morgan fingerprint density at radius 2 is 2.04 bits per heavy atom. The van der Waals surface area contributed by atoms with Crippen molar-refractivity contribution in [3.8, 4) is 6.07 Å². The summed E-state index contributed by atoms with van der Waals surface area (Å²) >= 11 is 1.34. The number of benzene rings is 1. The zero-order valence-electron chi connectivity index (χ0n) is 15.3. The van der Waals surface area contributed by atoms with Gasteiger partial charge in [0.2, 0.25) is 0 Å². The Labute approximate surface area is 165 Å². The summed E-state index contributed by atoms with van der Waals surface area (Å²) in [6.45, 7) is 3.88. The number of nitrogens with zero attached hydrogens (tertiary/aromatic N) is 3. The highest BCUT2D eigenvalue weighted by atomic mass is 32.2. The fraction of sp³-hybridized carbons (Fsp3) is 0.200. The molecular formula is C20H17N3O4S. The van der Waals surface area contributed by atoms with Gasteiger partial charge in [0.25, 0.3) is 5.69 Å². The van der Waals surface area contributed by atoms with Crippen LogP contribution in [-0.4, -0.2) is 21.9 Å². The van der Waals surface area contributed by atoms with Crippen LogP contribution in [0.1, 0.15) is 34.1 Å². The fourth-order valence-corrected chi connectivity index (χ4v) is 3.96. The number of ether oxygens (including phenoxy) is 1. The first kappa shape index (κ1) is 19.5. The molecular weight excluding hydrogens is 378 g/mol. The maximum Gasteiger partial charge on any atom is 0.356 e. The summed E-state index contributed by atoms with van der Waals surface area (Å²) in [7, 11) is 0. The van der Waals surface area contributed by atoms with Crippen molar-refractivity contribution in [2.75, 3.05) is 6.61 Å². The van der Waals surface area contributed by atoms with Gasteiger partial charge < -0.3 is 9.14 Å². The van der Waals surface area contributed by atoms with Crippen LogP contribution in [0.3, 0.4) is 0 Å². The third-order valence-electron chi connectivity index (χ3n) is 4.16. The molecule has 0 bridgehead atoms. The normalized spacial score (nSPS) is 10.6. The molecule has 0 aliphatic heterocycles. The zero-order chi connectivity index (χ0) is 20.3. The molecule has 1 aromatic carbocycles. The van der Waals surface area contributed by atoms with Crippen LogP contribution in [0.4, 0.5) is 5.69 Å². The van der Waals surface area contributed by atoms with Gasteiger partial charge in [-0.3, -0.25) is 10.1 Å². The van der Waals surface area contributed by atoms with Crippen molar-refractivity contribution in [2.45, 2.75) is 24.5 Å². The second kappa shape index (κ2) is 8.15. The molecule has 2 aromatic heterocycles. The monoisotopic (exact) mass is 395 g/mol. The average Bonchev–Trinajstić information content (AvgIpc) is 2.99. The number of nitro benzene ring substituents is 1. The number of hydrogen-bond acceptors (Lipinski definition) is 6. The predicted octanol–water partition coefficient (Wildman–Crippen LogP) is 4.50. The van der Waals surface area contributed by atoms with E-state index in [2.05, 4.69) is 6.07 Å². The number of thioether (sulfide) groups is 1. The highest BCUT2D eigenvalue weighted by molar-refractivity contribution is 7.98. The lowest BCUT2D eigenvalue weighted by Crippen LogP contribution is -2.09. The van der Waals surface area contributed by atoms with Gasteiger partial charge in [-0.25, -0.2) is 4.79 Å². The van der Waals surface area contributed by atoms with Gasteiger partial charge in [0.1, 0.15) is 11.8 Å². The molecule has 0 aliphatic carbocycles. The second-order valence-electron chi connectivity index (χ2n) is 6.06. The Kier molecular flexibility index (Phi) is 5.66. The fourth-order valence-electron chi connectivity index (χ4n) is 2.85. The first-order valence-electron chi connectivity index (χ1n) is 8.54. The van der Waals surface area contributed by atoms with Crippen LogP contribution in [0.25, 0.3) is 5.52 Å². The number of nitro groups is 1. The molecule has 28 heavy (non-hydrogen) atoms. The standard InChI is InChI=1S/C20H17N3O4S/c1-3-27-20(24)18-19(16(11-21)17-10-13(2)8-9-22(17)18)28-12-14-4-6-15(7-5-14)23(25)26/h4-10H,3,12H2,1-2H3. The molecule has 0 atom stereocenters. The topological polar surface area (TPSA) is 97.6 Å². The number of nitriles is 1. The van der Waals surface area contributed by atoms with E-state index in [-0.39, 0.29) is 12.3 Å². The SMILES string of the molecule is CCOC(=O)c1c(SCc2ccc([N+](=O)[O-])cc2)c(C#N)c2cc(C)ccn12. The van der Waals surface area contributed by atoms with E-state index in [0.717, 1.165) is 11.1 Å². The van der Waals surface area contributed by atoms with Gasteiger partial charge in [-0.1, -0.05) is 12.1 Å². The van der Waals surface area contributed by atoms with Crippen molar-refractivity contribution in [3.63, 3.8) is 0 Å². The number of pyridine rings is 1. The summed E-state index contributed by atoms with van der Waals surface area (Å²) in [6, 6.07) is 12.1. The molecule has 0 aliphatic rings. The van der Waals surface area contributed by atoms with Crippen LogP contribution in [0.5, 0.6) is 0 Å². The molecule has 8 heteroatoms. The van der Waals surface area contributed by atoms with Gasteiger partial charge in [0, 0.05) is 24.1 Å². The van der Waals surface area contributed by atoms with Crippen molar-refractivity contribution >= 4 is 28.9 Å². The number of aryl methyl sites for hydroxylation is 1. The summed E-state index contributed by atoms with van der Waals surface area (Å²) in [6.07, 6.45) is 1.76. The quantitative estimate of drug-likeness (QED) is 0.264. The van der Waals surface area contributed by atoms with Crippen molar-refractivity contribution in [2.24, 2.45) is 0 Å². The Bertz CT molecular complexity index is 1100. The van der Waals surface area contributed by atoms with Crippen molar-refractivity contribution in [3.05, 3.63) is 75.1 Å². The maximum absolute atomic E-state index is 12.6. The van der Waals surface area contributed by atoms with Crippen molar-refractivity contribution < 1.29 is 14.5 Å². The minimum absolute atomic E-state index is 0.0174. The first-order valence-corrected chi connectivity index (χ1v) is 9.52. The lowest BCUT2D eigenvalue weighted by molar-refractivity contribution is -0.384. The second-order valence-corrected chi connectivity index (χ2v) is 7.04. The molecule has 0 fully saturated rings. The Morgan fingerprint density at radius 1 is 1.32 bits per heavy atom. The van der Waals surface area contributed by atoms with Crippen LogP contribution >= 0.6 is 11.8 Å². The maximum atomic E-state index is 12.6. The average molecular weight is 395 g/mol. The van der Waals surface area contributed by atoms with Gasteiger partial charge in [0.05, 0.1) is 27.5 Å². The van der Waals surface area contributed by atoms with Gasteiger partial charge in [-0.15, -0.1) is 11.8 Å². The molecule has 2 heterocycles. The Balaban J connectivity index is 2.03. The minimum Gasteiger partial charge on any atom is -0.461 e.